The Bertz CT molecular complexity index is 22.4. The lowest BCUT2D eigenvalue weighted by atomic mass is 15.8. The summed E-state index contributed by atoms with van der Waals surface area (Å²) in [6, 6.07) is 0. The monoisotopic (exact) mass is 82.0 g/mol. The van der Waals surface area contributed by atoms with Gasteiger partial charge in [0.15, 0.2) is 0 Å². The molecule has 0 saturated heterocycles. The zero-order valence-electron chi connectivity index (χ0n) is 2.84. The maximum absolute atomic E-state index is 7.44. The lowest BCUT2D eigenvalue weighted by Gasteiger charge is -1.74. The molecule has 3 N–H and O–H groups in total. The van der Waals surface area contributed by atoms with E-state index in [-0.39, 0.29) is 0 Å². The second kappa shape index (κ2) is 1.42. The van der Waals surface area contributed by atoms with E-state index in [1.54, 1.807) is 0 Å². The summed E-state index contributed by atoms with van der Waals surface area (Å²) in [6.07, 6.45) is 0. The summed E-state index contributed by atoms with van der Waals surface area (Å²) in [5.41, 5.74) is 0. The molecule has 26 valence electrons. The zero-order chi connectivity index (χ0) is 4.50. The van der Waals surface area contributed by atoms with E-state index in [0.717, 1.165) is 0 Å². The third-order valence-corrected chi connectivity index (χ3v) is 0. The molecule has 0 spiro atoms. The second-order valence-electron chi connectivity index (χ2n) is 0.300. The van der Waals surface area contributed by atoms with Gasteiger partial charge in [0.05, 0.1) is 0 Å². The van der Waals surface area contributed by atoms with Crippen LogP contribution in [0.5, 0.6) is 0 Å². The fourth-order valence-corrected chi connectivity index (χ4v) is 0. The Morgan fingerprint density at radius 2 is 1.50 bits per heavy atom. The average molecular weight is 82.1 g/mol. The van der Waals surface area contributed by atoms with Gasteiger partial charge in [-0.15, -0.1) is 0 Å². The van der Waals surface area contributed by atoms with E-state index in [9.17, 15) is 0 Å². The standard InChI is InChI=1S/H4O3Si/c1-4(2)3/h1-4H/i4T. The van der Waals surface area contributed by atoms with E-state index in [4.69, 9.17) is 15.6 Å². The average Bonchev–Trinajstić information content (AvgIpc) is 0.722. The van der Waals surface area contributed by atoms with Gasteiger partial charge in [0, 0.05) is 0 Å². The van der Waals surface area contributed by atoms with Crippen molar-refractivity contribution in [1.82, 2.24) is 0 Å². The molecule has 0 radical (unpaired) electrons. The van der Waals surface area contributed by atoms with Gasteiger partial charge >= 0.3 is 9.46 Å². The van der Waals surface area contributed by atoms with Crippen LogP contribution in [0, 0.1) is 0 Å². The molecule has 0 rings (SSSR count). The smallest absolute Gasteiger partial charge is 0.392 e. The molecule has 0 saturated carbocycles. The van der Waals surface area contributed by atoms with E-state index >= 15 is 0 Å². The zero-order valence-corrected chi connectivity index (χ0v) is 2.84. The summed E-state index contributed by atoms with van der Waals surface area (Å²) in [4.78, 5) is 22.3. The Morgan fingerprint density at radius 1 is 1.50 bits per heavy atom. The summed E-state index contributed by atoms with van der Waals surface area (Å²) in [5, 5.41) is 0. The van der Waals surface area contributed by atoms with Crippen LogP contribution in [-0.4, -0.2) is 25.1 Å². The quantitative estimate of drug-likeness (QED) is 0.287. The molecule has 4 heteroatoms. The van der Waals surface area contributed by atoms with Crippen molar-refractivity contribution in [1.29, 1.82) is 1.23 Å². The lowest BCUT2D eigenvalue weighted by Crippen LogP contribution is -2.07. The Morgan fingerprint density at radius 3 is 1.50 bits per heavy atom. The molecule has 0 aliphatic carbocycles. The van der Waals surface area contributed by atoms with Crippen LogP contribution in [0.1, 0.15) is 0 Å². The molecule has 0 heterocycles. The molecule has 0 aliphatic rings. The van der Waals surface area contributed by atoms with Crippen LogP contribution in [0.4, 0.5) is 0 Å². The van der Waals surface area contributed by atoms with Gasteiger partial charge < -0.3 is 14.4 Å². The molecule has 0 aliphatic heterocycles. The topological polar surface area (TPSA) is 60.7 Å². The van der Waals surface area contributed by atoms with Gasteiger partial charge in [0.2, 0.25) is 0 Å². The van der Waals surface area contributed by atoms with E-state index in [1.807, 2.05) is 0 Å². The van der Waals surface area contributed by atoms with Gasteiger partial charge in [-0.05, 0) is 0 Å². The summed E-state index contributed by atoms with van der Waals surface area (Å²) < 4.78 is 5.74. The van der Waals surface area contributed by atoms with Gasteiger partial charge in [-0.2, -0.15) is 0 Å². The van der Waals surface area contributed by atoms with Crippen LogP contribution < -0.4 is 0 Å². The number of rotatable bonds is 0. The molecule has 0 aromatic heterocycles. The highest BCUT2D eigenvalue weighted by atomic mass is 28.3. The van der Waals surface area contributed by atoms with E-state index in [0.29, 0.717) is 0 Å². The summed E-state index contributed by atoms with van der Waals surface area (Å²) in [7, 11) is -4.36. The molecule has 0 aromatic carbocycles. The normalized spacial score (nSPS) is 15.2. The van der Waals surface area contributed by atoms with Gasteiger partial charge in [0.1, 0.15) is 1.23 Å². The fraction of sp³-hybridized carbons (Fsp3) is 0. The van der Waals surface area contributed by atoms with Crippen LogP contribution in [-0.2, 0) is 0 Å². The van der Waals surface area contributed by atoms with Crippen LogP contribution >= 0.6 is 0 Å². The highest BCUT2D eigenvalue weighted by Gasteiger charge is 1.83. The maximum Gasteiger partial charge on any atom is 0.475 e. The Balaban J connectivity index is 3.02. The first-order valence-corrected chi connectivity index (χ1v) is 2.01. The van der Waals surface area contributed by atoms with Crippen molar-refractivity contribution < 1.29 is 14.4 Å². The first-order valence-electron chi connectivity index (χ1n) is 1.17. The molecule has 0 amide bonds. The fourth-order valence-electron chi connectivity index (χ4n) is 0. The molecular weight excluding hydrogens is 76.1 g/mol. The predicted octanol–water partition coefficient (Wildman–Crippen LogP) is -2.32. The maximum atomic E-state index is 7.44. The highest BCUT2D eigenvalue weighted by molar-refractivity contribution is 6.30. The van der Waals surface area contributed by atoms with E-state index in [2.05, 4.69) is 0 Å². The van der Waals surface area contributed by atoms with Crippen molar-refractivity contribution in [2.45, 2.75) is 0 Å². The lowest BCUT2D eigenvalue weighted by molar-refractivity contribution is 0.278. The van der Waals surface area contributed by atoms with Crippen molar-refractivity contribution in [3.63, 3.8) is 0 Å². The predicted molar refractivity (Wildman–Crippen MR) is 13.8 cm³/mol. The molecule has 3 nitrogen and oxygen atoms in total. The summed E-state index contributed by atoms with van der Waals surface area (Å²) in [5.74, 6) is 0. The van der Waals surface area contributed by atoms with Gasteiger partial charge in [-0.3, -0.25) is 0 Å². The molecule has 0 fully saturated rings. The second-order valence-corrected chi connectivity index (χ2v) is 0.900. The van der Waals surface area contributed by atoms with Gasteiger partial charge in [0.25, 0.3) is 0 Å². The van der Waals surface area contributed by atoms with Gasteiger partial charge in [-0.1, -0.05) is 0 Å². The third kappa shape index (κ3) is 269. The first-order chi connectivity index (χ1) is 2.00. The van der Waals surface area contributed by atoms with Crippen LogP contribution in [0.25, 0.3) is 0 Å². The molecular formula is H4O3Si. The number of hydrogen-bond acceptors (Lipinski definition) is 3. The Hall–Kier alpha value is 0.0969. The summed E-state index contributed by atoms with van der Waals surface area (Å²) in [6.45, 7) is 0. The SMILES string of the molecule is [3H][Si](O)(O)O. The Kier molecular flexibility index (Phi) is 0.831. The Labute approximate surface area is 26.3 Å². The largest absolute Gasteiger partial charge is 0.475 e. The molecule has 0 aromatic rings. The van der Waals surface area contributed by atoms with Crippen molar-refractivity contribution >= 4 is 9.46 Å². The third-order valence-electron chi connectivity index (χ3n) is 0. The van der Waals surface area contributed by atoms with Crippen LogP contribution in [0.2, 0.25) is 0 Å². The first kappa shape index (κ1) is 2.34. The molecule has 0 unspecified atom stereocenters. The minimum atomic E-state index is -4.36. The van der Waals surface area contributed by atoms with E-state index < -0.39 is 9.46 Å². The van der Waals surface area contributed by atoms with E-state index in [1.165, 1.54) is 0 Å². The number of hydrogen-bond donors (Lipinski definition) is 3. The van der Waals surface area contributed by atoms with Gasteiger partial charge in [-0.25, -0.2) is 0 Å². The molecule has 0 atom stereocenters. The minimum absolute atomic E-state index is 4.36. The van der Waals surface area contributed by atoms with Crippen LogP contribution in [0.3, 0.4) is 0 Å². The van der Waals surface area contributed by atoms with Crippen LogP contribution in [0.15, 0.2) is 0 Å². The highest BCUT2D eigenvalue weighted by Crippen LogP contribution is 1.40. The molecule has 4 heavy (non-hydrogen) atoms. The van der Waals surface area contributed by atoms with Crippen molar-refractivity contribution in [3.8, 4) is 0 Å². The van der Waals surface area contributed by atoms with Crippen molar-refractivity contribution in [3.05, 3.63) is 0 Å². The summed E-state index contributed by atoms with van der Waals surface area (Å²) >= 11 is 0. The molecule has 0 bridgehead atoms. The minimum Gasteiger partial charge on any atom is -0.392 e. The van der Waals surface area contributed by atoms with Crippen molar-refractivity contribution in [2.24, 2.45) is 0 Å². The van der Waals surface area contributed by atoms with Crippen molar-refractivity contribution in [2.75, 3.05) is 0 Å².